The molecule has 0 saturated carbocycles. The van der Waals surface area contributed by atoms with Gasteiger partial charge >= 0.3 is 0 Å². The maximum Gasteiger partial charge on any atom is 0.182 e. The van der Waals surface area contributed by atoms with Gasteiger partial charge in [0, 0.05) is 22.2 Å². The van der Waals surface area contributed by atoms with Crippen LogP contribution >= 0.6 is 32.9 Å². The minimum absolute atomic E-state index is 0.120. The Bertz CT molecular complexity index is 1090. The van der Waals surface area contributed by atoms with Gasteiger partial charge in [-0.25, -0.2) is 0 Å². The molecule has 1 aliphatic rings. The highest BCUT2D eigenvalue weighted by Crippen LogP contribution is 2.53. The third-order valence-corrected chi connectivity index (χ3v) is 8.47. The molecule has 0 atom stereocenters. The Hall–Kier alpha value is -1.82. The summed E-state index contributed by atoms with van der Waals surface area (Å²) in [6.07, 6.45) is 0. The quantitative estimate of drug-likeness (QED) is 0.268. The first-order valence-corrected chi connectivity index (χ1v) is 11.5. The zero-order valence-corrected chi connectivity index (χ0v) is 18.3. The van der Waals surface area contributed by atoms with Crippen molar-refractivity contribution in [3.05, 3.63) is 74.1 Å². The zero-order valence-electron chi connectivity index (χ0n) is 15.8. The molecule has 138 valence electrons. The summed E-state index contributed by atoms with van der Waals surface area (Å²) in [4.78, 5) is 15.2. The Morgan fingerprint density at radius 3 is 2.44 bits per heavy atom. The third-order valence-electron chi connectivity index (χ3n) is 5.46. The van der Waals surface area contributed by atoms with E-state index in [4.69, 9.17) is 12.2 Å². The number of ketones is 1. The first-order chi connectivity index (χ1) is 12.8. The van der Waals surface area contributed by atoms with Crippen molar-refractivity contribution in [1.29, 1.82) is 0 Å². The topological polar surface area (TPSA) is 20.3 Å². The smallest absolute Gasteiger partial charge is 0.182 e. The number of Topliss-reactive ketones (excluding diaryl/α,β-unsaturated/α-hetero) is 1. The van der Waals surface area contributed by atoms with Crippen molar-refractivity contribution in [3.63, 3.8) is 0 Å². The molecule has 0 amide bonds. The molecule has 2 nitrogen and oxygen atoms in total. The number of fused-ring (bicyclic) bond motifs is 2. The summed E-state index contributed by atoms with van der Waals surface area (Å²) >= 11 is 5.69. The molecule has 1 aromatic heterocycles. The molecule has 0 aliphatic carbocycles. The fraction of sp³-hybridized carbons (Fsp3) is 0.273. The van der Waals surface area contributed by atoms with Gasteiger partial charge in [-0.2, -0.15) is 0 Å². The summed E-state index contributed by atoms with van der Waals surface area (Å²) in [5.41, 5.74) is 6.65. The molecule has 0 saturated heterocycles. The monoisotopic (exact) mass is 411 g/mol. The molecule has 1 aliphatic heterocycles. The van der Waals surface area contributed by atoms with Crippen LogP contribution in [0.2, 0.25) is 0 Å². The minimum Gasteiger partial charge on any atom is -0.324 e. The van der Waals surface area contributed by atoms with E-state index >= 15 is 0 Å². The molecule has 5 heteroatoms. The van der Waals surface area contributed by atoms with Gasteiger partial charge in [-0.1, -0.05) is 83.1 Å². The van der Waals surface area contributed by atoms with Gasteiger partial charge < -0.3 is 4.90 Å². The van der Waals surface area contributed by atoms with E-state index in [2.05, 4.69) is 44.7 Å². The second kappa shape index (κ2) is 6.66. The van der Waals surface area contributed by atoms with E-state index in [1.807, 2.05) is 30.3 Å². The van der Waals surface area contributed by atoms with Crippen LogP contribution < -0.4 is 4.90 Å². The first kappa shape index (κ1) is 18.5. The molecule has 2 aromatic carbocycles. The molecule has 0 unspecified atom stereocenters. The third kappa shape index (κ3) is 2.98. The lowest BCUT2D eigenvalue weighted by molar-refractivity contribution is 0.100. The highest BCUT2D eigenvalue weighted by Gasteiger charge is 2.39. The molecule has 0 radical (unpaired) electrons. The maximum absolute atomic E-state index is 13.0. The van der Waals surface area contributed by atoms with E-state index in [0.29, 0.717) is 6.54 Å². The highest BCUT2D eigenvalue weighted by molar-refractivity contribution is 7.80. The van der Waals surface area contributed by atoms with Gasteiger partial charge in [-0.05, 0) is 36.6 Å². The van der Waals surface area contributed by atoms with E-state index in [1.54, 1.807) is 20.7 Å². The normalized spacial score (nSPS) is 14.6. The summed E-state index contributed by atoms with van der Waals surface area (Å²) in [6.45, 7) is 9.08. The van der Waals surface area contributed by atoms with Gasteiger partial charge in [0.15, 0.2) is 5.78 Å². The van der Waals surface area contributed by atoms with Crippen molar-refractivity contribution >= 4 is 49.4 Å². The Morgan fingerprint density at radius 2 is 1.74 bits per heavy atom. The summed E-state index contributed by atoms with van der Waals surface area (Å²) in [6, 6.07) is 14.0. The zero-order chi connectivity index (χ0) is 19.3. The van der Waals surface area contributed by atoms with E-state index < -0.39 is 0 Å². The van der Waals surface area contributed by atoms with Crippen molar-refractivity contribution in [2.75, 3.05) is 11.4 Å². The van der Waals surface area contributed by atoms with Crippen LogP contribution in [-0.4, -0.2) is 12.3 Å². The van der Waals surface area contributed by atoms with Crippen LogP contribution in [0.15, 0.2) is 42.5 Å². The number of anilines is 2. The Labute approximate surface area is 172 Å². The predicted molar refractivity (Wildman–Crippen MR) is 119 cm³/mol. The van der Waals surface area contributed by atoms with Crippen LogP contribution in [0, 0.1) is 17.7 Å². The molecule has 0 N–H and O–H groups in total. The standard InChI is InChI=1S/C22H21NOS3/c1-13-10-16-17(11-14(13)2)23(12-18(24)15-8-6-5-7-9-15)20-19(22(16,3)4)21(25)27-26-20/h5-11H,12H2,1-4H3. The average Bonchev–Trinajstić information content (AvgIpc) is 3.04. The van der Waals surface area contributed by atoms with Crippen molar-refractivity contribution in [2.45, 2.75) is 33.1 Å². The average molecular weight is 412 g/mol. The van der Waals surface area contributed by atoms with E-state index in [1.165, 1.54) is 22.3 Å². The summed E-state index contributed by atoms with van der Waals surface area (Å²) in [7, 11) is 3.32. The summed E-state index contributed by atoms with van der Waals surface area (Å²) in [5, 5.41) is 1.12. The number of aryl methyl sites for hydroxylation is 2. The second-order valence-corrected chi connectivity index (χ2v) is 10.4. The van der Waals surface area contributed by atoms with Crippen LogP contribution in [0.5, 0.6) is 0 Å². The molecular formula is C22H21NOS3. The highest BCUT2D eigenvalue weighted by atomic mass is 32.9. The van der Waals surface area contributed by atoms with Gasteiger partial charge in [0.2, 0.25) is 0 Å². The van der Waals surface area contributed by atoms with E-state index in [9.17, 15) is 4.79 Å². The van der Waals surface area contributed by atoms with Crippen LogP contribution in [-0.2, 0) is 5.41 Å². The van der Waals surface area contributed by atoms with E-state index in [-0.39, 0.29) is 11.2 Å². The van der Waals surface area contributed by atoms with Crippen molar-refractivity contribution in [2.24, 2.45) is 0 Å². The minimum atomic E-state index is -0.164. The van der Waals surface area contributed by atoms with Crippen molar-refractivity contribution in [1.82, 2.24) is 0 Å². The summed E-state index contributed by atoms with van der Waals surface area (Å²) in [5.74, 6) is 0.120. The van der Waals surface area contributed by atoms with Crippen molar-refractivity contribution in [3.8, 4) is 0 Å². The number of hydrogen-bond donors (Lipinski definition) is 0. The largest absolute Gasteiger partial charge is 0.324 e. The Morgan fingerprint density at radius 1 is 1.07 bits per heavy atom. The van der Waals surface area contributed by atoms with Crippen LogP contribution in [0.1, 0.15) is 46.5 Å². The van der Waals surface area contributed by atoms with Gasteiger partial charge in [0.05, 0.1) is 6.54 Å². The van der Waals surface area contributed by atoms with Crippen LogP contribution in [0.25, 0.3) is 0 Å². The molecule has 0 bridgehead atoms. The number of nitrogens with zero attached hydrogens (tertiary/aromatic N) is 1. The molecule has 4 rings (SSSR count). The fourth-order valence-corrected chi connectivity index (χ4v) is 7.04. The van der Waals surface area contributed by atoms with Crippen molar-refractivity contribution < 1.29 is 4.79 Å². The number of rotatable bonds is 3. The van der Waals surface area contributed by atoms with Crippen LogP contribution in [0.4, 0.5) is 10.7 Å². The molecule has 27 heavy (non-hydrogen) atoms. The predicted octanol–water partition coefficient (Wildman–Crippen LogP) is 6.82. The van der Waals surface area contributed by atoms with Crippen LogP contribution in [0.3, 0.4) is 0 Å². The maximum atomic E-state index is 13.0. The summed E-state index contributed by atoms with van der Waals surface area (Å²) < 4.78 is 0.932. The number of carbonyl (C=O) groups is 1. The van der Waals surface area contributed by atoms with Gasteiger partial charge in [-0.3, -0.25) is 4.79 Å². The molecule has 0 fully saturated rings. The number of benzene rings is 2. The number of carbonyl (C=O) groups excluding carboxylic acids is 1. The Balaban J connectivity index is 1.89. The van der Waals surface area contributed by atoms with Gasteiger partial charge in [0.25, 0.3) is 0 Å². The lowest BCUT2D eigenvalue weighted by atomic mass is 9.75. The fourth-order valence-electron chi connectivity index (χ4n) is 3.74. The Kier molecular flexibility index (Phi) is 4.57. The molecular weight excluding hydrogens is 390 g/mol. The SMILES string of the molecule is Cc1cc2c(cc1C)C(C)(C)c1c(ssc1=S)N2CC(=O)c1ccccc1. The number of hydrogen-bond acceptors (Lipinski definition) is 5. The first-order valence-electron chi connectivity index (χ1n) is 8.92. The lowest BCUT2D eigenvalue weighted by Gasteiger charge is -2.39. The molecule has 0 spiro atoms. The molecule has 3 aromatic rings. The second-order valence-electron chi connectivity index (χ2n) is 7.59. The van der Waals surface area contributed by atoms with Gasteiger partial charge in [0.1, 0.15) is 8.82 Å². The lowest BCUT2D eigenvalue weighted by Crippen LogP contribution is -2.35. The van der Waals surface area contributed by atoms with Gasteiger partial charge in [-0.15, -0.1) is 0 Å². The molecule has 2 heterocycles. The van der Waals surface area contributed by atoms with E-state index in [0.717, 1.165) is 20.1 Å².